The van der Waals surface area contributed by atoms with Gasteiger partial charge in [-0.1, -0.05) is 24.7 Å². The fourth-order valence-corrected chi connectivity index (χ4v) is 2.26. The molecule has 1 aliphatic carbocycles. The van der Waals surface area contributed by atoms with Crippen molar-refractivity contribution in [2.45, 2.75) is 39.0 Å². The van der Waals surface area contributed by atoms with Crippen molar-refractivity contribution in [1.82, 2.24) is 5.32 Å². The van der Waals surface area contributed by atoms with Crippen LogP contribution in [-0.4, -0.2) is 24.2 Å². The Hall–Kier alpha value is -1.79. The van der Waals surface area contributed by atoms with Crippen molar-refractivity contribution in [2.75, 3.05) is 13.2 Å². The Morgan fingerprint density at radius 2 is 2.24 bits per heavy atom. The highest BCUT2D eigenvalue weighted by Gasteiger charge is 2.20. The molecule has 112 valence electrons. The molecule has 2 N–H and O–H groups in total. The van der Waals surface area contributed by atoms with Crippen molar-refractivity contribution in [3.05, 3.63) is 34.9 Å². The van der Waals surface area contributed by atoms with Crippen LogP contribution in [0.4, 0.5) is 0 Å². The van der Waals surface area contributed by atoms with Crippen LogP contribution in [0.3, 0.4) is 0 Å². The van der Waals surface area contributed by atoms with Crippen LogP contribution in [0.2, 0.25) is 0 Å². The lowest BCUT2D eigenvalue weighted by atomic mass is 10.0. The molecule has 1 aromatic rings. The van der Waals surface area contributed by atoms with E-state index in [0.717, 1.165) is 30.0 Å². The molecule has 1 saturated carbocycles. The molecule has 1 amide bonds. The molecule has 3 nitrogen and oxygen atoms in total. The topological polar surface area (TPSA) is 49.3 Å². The van der Waals surface area contributed by atoms with Gasteiger partial charge in [-0.15, -0.1) is 0 Å². The highest BCUT2D eigenvalue weighted by atomic mass is 16.2. The van der Waals surface area contributed by atoms with Crippen molar-refractivity contribution in [3.8, 4) is 11.8 Å². The number of benzene rings is 1. The van der Waals surface area contributed by atoms with Crippen LogP contribution in [0, 0.1) is 24.7 Å². The number of aliphatic hydroxyl groups is 1. The molecule has 1 aliphatic rings. The lowest BCUT2D eigenvalue weighted by Crippen LogP contribution is -2.24. The zero-order valence-corrected chi connectivity index (χ0v) is 12.6. The summed E-state index contributed by atoms with van der Waals surface area (Å²) in [7, 11) is 0. The van der Waals surface area contributed by atoms with E-state index < -0.39 is 0 Å². The third-order valence-corrected chi connectivity index (χ3v) is 3.72. The van der Waals surface area contributed by atoms with Crippen molar-refractivity contribution in [2.24, 2.45) is 5.92 Å². The van der Waals surface area contributed by atoms with Crippen molar-refractivity contribution < 1.29 is 9.90 Å². The van der Waals surface area contributed by atoms with Gasteiger partial charge in [-0.25, -0.2) is 0 Å². The molecule has 0 radical (unpaired) electrons. The molecule has 0 aliphatic heterocycles. The van der Waals surface area contributed by atoms with Gasteiger partial charge in [-0.05, 0) is 49.4 Å². The van der Waals surface area contributed by atoms with Crippen LogP contribution < -0.4 is 5.32 Å². The fourth-order valence-electron chi connectivity index (χ4n) is 2.26. The Bertz CT molecular complexity index is 550. The fraction of sp³-hybridized carbons (Fsp3) is 0.500. The summed E-state index contributed by atoms with van der Waals surface area (Å²) in [4.78, 5) is 12.0. The van der Waals surface area contributed by atoms with E-state index in [1.165, 1.54) is 19.3 Å². The second kappa shape index (κ2) is 7.85. The Labute approximate surface area is 126 Å². The normalized spacial score (nSPS) is 13.4. The van der Waals surface area contributed by atoms with Crippen molar-refractivity contribution in [3.63, 3.8) is 0 Å². The maximum absolute atomic E-state index is 12.0. The van der Waals surface area contributed by atoms with E-state index in [0.29, 0.717) is 12.0 Å². The summed E-state index contributed by atoms with van der Waals surface area (Å²) in [5.41, 5.74) is 2.59. The Morgan fingerprint density at radius 1 is 1.43 bits per heavy atom. The lowest BCUT2D eigenvalue weighted by Gasteiger charge is -2.06. The summed E-state index contributed by atoms with van der Waals surface area (Å²) >= 11 is 0. The van der Waals surface area contributed by atoms with E-state index >= 15 is 0 Å². The summed E-state index contributed by atoms with van der Waals surface area (Å²) in [6.45, 7) is 2.78. The number of aliphatic hydroxyl groups excluding tert-OH is 1. The smallest absolute Gasteiger partial charge is 0.251 e. The number of hydrogen-bond acceptors (Lipinski definition) is 2. The van der Waals surface area contributed by atoms with Gasteiger partial charge in [0, 0.05) is 24.1 Å². The van der Waals surface area contributed by atoms with Gasteiger partial charge in [0.05, 0.1) is 6.61 Å². The van der Waals surface area contributed by atoms with E-state index in [4.69, 9.17) is 5.11 Å². The zero-order valence-electron chi connectivity index (χ0n) is 12.6. The minimum Gasteiger partial charge on any atom is -0.395 e. The largest absolute Gasteiger partial charge is 0.395 e. The number of nitrogens with one attached hydrogen (secondary N) is 1. The highest BCUT2D eigenvalue weighted by Crippen LogP contribution is 2.33. The molecule has 1 fully saturated rings. The number of hydrogen-bond donors (Lipinski definition) is 2. The highest BCUT2D eigenvalue weighted by molar-refractivity contribution is 5.94. The maximum atomic E-state index is 12.0. The van der Waals surface area contributed by atoms with E-state index in [1.807, 2.05) is 25.1 Å². The average molecular weight is 285 g/mol. The quantitative estimate of drug-likeness (QED) is 0.623. The molecule has 0 saturated heterocycles. The molecule has 0 heterocycles. The first-order chi connectivity index (χ1) is 10.2. The van der Waals surface area contributed by atoms with Crippen LogP contribution in [-0.2, 0) is 0 Å². The molecule has 2 rings (SSSR count). The van der Waals surface area contributed by atoms with Crippen LogP contribution in [0.5, 0.6) is 0 Å². The molecule has 1 aromatic carbocycles. The van der Waals surface area contributed by atoms with Gasteiger partial charge in [-0.3, -0.25) is 4.79 Å². The Kier molecular flexibility index (Phi) is 5.83. The summed E-state index contributed by atoms with van der Waals surface area (Å²) in [5.74, 6) is 6.82. The molecular formula is C18H23NO2. The third-order valence-electron chi connectivity index (χ3n) is 3.72. The zero-order chi connectivity index (χ0) is 15.1. The minimum absolute atomic E-state index is 0.0104. The van der Waals surface area contributed by atoms with Gasteiger partial charge >= 0.3 is 0 Å². The first-order valence-electron chi connectivity index (χ1n) is 7.69. The molecule has 0 unspecified atom stereocenters. The third kappa shape index (κ3) is 5.24. The molecule has 0 atom stereocenters. The molecule has 0 bridgehead atoms. The molecule has 0 spiro atoms. The van der Waals surface area contributed by atoms with Gasteiger partial charge in [0.25, 0.3) is 5.91 Å². The maximum Gasteiger partial charge on any atom is 0.251 e. The first-order valence-corrected chi connectivity index (χ1v) is 7.69. The predicted octanol–water partition coefficient (Wildman–Crippen LogP) is 2.65. The summed E-state index contributed by atoms with van der Waals surface area (Å²) in [6.07, 6.45) is 5.51. The second-order valence-electron chi connectivity index (χ2n) is 5.65. The number of rotatable bonds is 6. The van der Waals surface area contributed by atoms with Crippen LogP contribution in [0.1, 0.15) is 53.6 Å². The van der Waals surface area contributed by atoms with Crippen molar-refractivity contribution >= 4 is 5.91 Å². The predicted molar refractivity (Wildman–Crippen MR) is 84.1 cm³/mol. The summed E-state index contributed by atoms with van der Waals surface area (Å²) < 4.78 is 0. The Morgan fingerprint density at radius 3 is 2.90 bits per heavy atom. The average Bonchev–Trinajstić information content (AvgIpc) is 3.29. The van der Waals surface area contributed by atoms with E-state index in [1.54, 1.807) is 0 Å². The molecule has 0 aromatic heterocycles. The lowest BCUT2D eigenvalue weighted by molar-refractivity contribution is 0.0952. The molecule has 3 heteroatoms. The minimum atomic E-state index is -0.0104. The Balaban J connectivity index is 1.85. The molecular weight excluding hydrogens is 262 g/mol. The van der Waals surface area contributed by atoms with E-state index in [2.05, 4.69) is 17.2 Å². The number of aryl methyl sites for hydroxylation is 1. The first kappa shape index (κ1) is 15.6. The SMILES string of the molecule is Cc1cc(C(=O)NCCCC2CC2)ccc1C#CCCO. The van der Waals surface area contributed by atoms with E-state index in [9.17, 15) is 4.79 Å². The summed E-state index contributed by atoms with van der Waals surface area (Å²) in [6, 6.07) is 5.56. The van der Waals surface area contributed by atoms with Crippen LogP contribution >= 0.6 is 0 Å². The van der Waals surface area contributed by atoms with Crippen molar-refractivity contribution in [1.29, 1.82) is 0 Å². The van der Waals surface area contributed by atoms with Gasteiger partial charge in [0.15, 0.2) is 0 Å². The monoisotopic (exact) mass is 285 g/mol. The van der Waals surface area contributed by atoms with Gasteiger partial charge in [0.2, 0.25) is 0 Å². The van der Waals surface area contributed by atoms with Gasteiger partial charge in [-0.2, -0.15) is 0 Å². The van der Waals surface area contributed by atoms with Crippen LogP contribution in [0.25, 0.3) is 0 Å². The van der Waals surface area contributed by atoms with Crippen LogP contribution in [0.15, 0.2) is 18.2 Å². The standard InChI is InChI=1S/C18H23NO2/c1-14-13-17(10-9-16(14)6-2-3-12-20)18(21)19-11-4-5-15-7-8-15/h9-10,13,15,20H,3-5,7-8,11-12H2,1H3,(H,19,21). The van der Waals surface area contributed by atoms with Gasteiger partial charge < -0.3 is 10.4 Å². The summed E-state index contributed by atoms with van der Waals surface area (Å²) in [5, 5.41) is 11.7. The van der Waals surface area contributed by atoms with Gasteiger partial charge in [0.1, 0.15) is 0 Å². The van der Waals surface area contributed by atoms with E-state index in [-0.39, 0.29) is 12.5 Å². The second-order valence-corrected chi connectivity index (χ2v) is 5.65. The number of carbonyl (C=O) groups excluding carboxylic acids is 1. The molecule has 21 heavy (non-hydrogen) atoms. The number of carbonyl (C=O) groups is 1. The number of amides is 1.